The van der Waals surface area contributed by atoms with Crippen LogP contribution in [0.25, 0.3) is 0 Å². The molecule has 13 heavy (non-hydrogen) atoms. The van der Waals surface area contributed by atoms with E-state index in [1.54, 1.807) is 20.8 Å². The Morgan fingerprint density at radius 3 is 1.62 bits per heavy atom. The molecule has 0 rings (SSSR count). The van der Waals surface area contributed by atoms with Gasteiger partial charge in [-0.15, -0.1) is 5.59 Å². The van der Waals surface area contributed by atoms with Gasteiger partial charge in [0, 0.05) is 0 Å². The average molecular weight is 194 g/mol. The second kappa shape index (κ2) is 7.19. The van der Waals surface area contributed by atoms with Gasteiger partial charge in [-0.05, 0) is 20.8 Å². The van der Waals surface area contributed by atoms with Gasteiger partial charge in [-0.3, -0.25) is 0 Å². The van der Waals surface area contributed by atoms with Crippen LogP contribution in [0, 0.1) is 0 Å². The Balaban J connectivity index is 4.19. The summed E-state index contributed by atoms with van der Waals surface area (Å²) in [5, 5.41) is 0. The minimum atomic E-state index is -1.53. The van der Waals surface area contributed by atoms with E-state index in [-0.39, 0.29) is 0 Å². The molecule has 0 aromatic carbocycles. The fraction of sp³-hybridized carbons (Fsp3) is 1.00. The third kappa shape index (κ3) is 4.51. The monoisotopic (exact) mass is 194 g/mol. The highest BCUT2D eigenvalue weighted by Gasteiger charge is 2.34. The molecule has 0 fully saturated rings. The summed E-state index contributed by atoms with van der Waals surface area (Å²) < 4.78 is 15.4. The predicted molar refractivity (Wildman–Crippen MR) is 46.0 cm³/mol. The molecular weight excluding hydrogens is 176 g/mol. The number of hydrogen-bond donors (Lipinski definition) is 2. The van der Waals surface area contributed by atoms with Gasteiger partial charge in [0.15, 0.2) is 0 Å². The van der Waals surface area contributed by atoms with Gasteiger partial charge < -0.3 is 14.2 Å². The van der Waals surface area contributed by atoms with Gasteiger partial charge in [-0.2, -0.15) is 4.84 Å². The molecule has 0 saturated heterocycles. The van der Waals surface area contributed by atoms with Crippen molar-refractivity contribution in [2.45, 2.75) is 26.9 Å². The van der Waals surface area contributed by atoms with Crippen molar-refractivity contribution in [1.29, 1.82) is 0 Å². The first-order valence-corrected chi connectivity index (χ1v) is 4.30. The highest BCUT2D eigenvalue weighted by atomic mass is 17.1. The van der Waals surface area contributed by atoms with E-state index < -0.39 is 6.16 Å². The van der Waals surface area contributed by atoms with Crippen LogP contribution in [0.3, 0.4) is 0 Å². The summed E-state index contributed by atoms with van der Waals surface area (Å²) in [7, 11) is 0. The van der Waals surface area contributed by atoms with Crippen LogP contribution in [0.2, 0.25) is 0 Å². The normalized spacial score (nSPS) is 12.0. The van der Waals surface area contributed by atoms with Gasteiger partial charge in [-0.25, -0.2) is 5.84 Å². The first-order valence-electron chi connectivity index (χ1n) is 4.30. The lowest BCUT2D eigenvalue weighted by atomic mass is 10.8. The smallest absolute Gasteiger partial charge is 0.302 e. The largest absolute Gasteiger partial charge is 0.430 e. The molecule has 6 heteroatoms. The number of ether oxygens (including phenoxy) is 3. The van der Waals surface area contributed by atoms with Crippen molar-refractivity contribution in [3.05, 3.63) is 0 Å². The van der Waals surface area contributed by atoms with Gasteiger partial charge in [-0.1, -0.05) is 0 Å². The minimum Gasteiger partial charge on any atom is -0.302 e. The van der Waals surface area contributed by atoms with E-state index in [1.165, 1.54) is 0 Å². The molecule has 0 aliphatic heterocycles. The van der Waals surface area contributed by atoms with Crippen LogP contribution in [0.4, 0.5) is 0 Å². The first-order chi connectivity index (χ1) is 6.24. The molecule has 0 heterocycles. The highest BCUT2D eigenvalue weighted by molar-refractivity contribution is 4.38. The molecule has 0 aliphatic rings. The fourth-order valence-electron chi connectivity index (χ4n) is 0.816. The molecular formula is C7H18N2O4. The topological polar surface area (TPSA) is 75.0 Å². The van der Waals surface area contributed by atoms with Crippen LogP contribution >= 0.6 is 0 Å². The summed E-state index contributed by atoms with van der Waals surface area (Å²) in [5.74, 6) is 4.99. The van der Waals surface area contributed by atoms with Crippen molar-refractivity contribution in [3.8, 4) is 0 Å². The predicted octanol–water partition coefficient (Wildman–Crippen LogP) is 0.102. The van der Waals surface area contributed by atoms with Gasteiger partial charge in [0.1, 0.15) is 0 Å². The molecule has 0 bridgehead atoms. The third-order valence-corrected chi connectivity index (χ3v) is 1.15. The molecule has 0 spiro atoms. The van der Waals surface area contributed by atoms with Gasteiger partial charge in [0.05, 0.1) is 19.8 Å². The van der Waals surface area contributed by atoms with E-state index >= 15 is 0 Å². The molecule has 0 aromatic rings. The second-order valence-electron chi connectivity index (χ2n) is 2.02. The third-order valence-electron chi connectivity index (χ3n) is 1.15. The summed E-state index contributed by atoms with van der Waals surface area (Å²) in [5.41, 5.74) is 1.99. The maximum absolute atomic E-state index is 5.14. The van der Waals surface area contributed by atoms with E-state index in [0.29, 0.717) is 19.8 Å². The quantitative estimate of drug-likeness (QED) is 0.324. The molecule has 0 aliphatic carbocycles. The van der Waals surface area contributed by atoms with Crippen LogP contribution in [0.1, 0.15) is 20.8 Å². The number of nitrogens with two attached hydrogens (primary N) is 1. The van der Waals surface area contributed by atoms with Crippen molar-refractivity contribution in [2.24, 2.45) is 5.84 Å². The fourth-order valence-corrected chi connectivity index (χ4v) is 0.816. The highest BCUT2D eigenvalue weighted by Crippen LogP contribution is 2.15. The van der Waals surface area contributed by atoms with Gasteiger partial charge >= 0.3 is 6.16 Å². The summed E-state index contributed by atoms with van der Waals surface area (Å²) >= 11 is 0. The van der Waals surface area contributed by atoms with Gasteiger partial charge in [0.25, 0.3) is 0 Å². The van der Waals surface area contributed by atoms with Crippen molar-refractivity contribution in [2.75, 3.05) is 19.8 Å². The Kier molecular flexibility index (Phi) is 7.06. The van der Waals surface area contributed by atoms with Crippen molar-refractivity contribution < 1.29 is 19.0 Å². The Labute approximate surface area is 78.2 Å². The number of nitrogens with one attached hydrogen (secondary N) is 1. The zero-order valence-corrected chi connectivity index (χ0v) is 8.33. The lowest BCUT2D eigenvalue weighted by Gasteiger charge is -2.29. The SMILES string of the molecule is CCOC(OCC)(OCC)ONN. The molecule has 80 valence electrons. The standard InChI is InChI=1S/C7H18N2O4/c1-4-10-7(11-5-2,12-6-3)13-9-8/h9H,4-6,8H2,1-3H3. The first kappa shape index (κ1) is 12.8. The lowest BCUT2D eigenvalue weighted by molar-refractivity contribution is -0.511. The summed E-state index contributed by atoms with van der Waals surface area (Å²) in [6.07, 6.45) is -1.53. The van der Waals surface area contributed by atoms with E-state index in [9.17, 15) is 0 Å². The summed E-state index contributed by atoms with van der Waals surface area (Å²) in [4.78, 5) is 4.81. The molecule has 3 N–H and O–H groups in total. The van der Waals surface area contributed by atoms with Crippen LogP contribution in [0.5, 0.6) is 0 Å². The lowest BCUT2D eigenvalue weighted by Crippen LogP contribution is -2.47. The maximum Gasteiger partial charge on any atom is 0.430 e. The van der Waals surface area contributed by atoms with Crippen LogP contribution in [-0.4, -0.2) is 26.0 Å². The average Bonchev–Trinajstić information content (AvgIpc) is 2.06. The van der Waals surface area contributed by atoms with Gasteiger partial charge in [0.2, 0.25) is 0 Å². The summed E-state index contributed by atoms with van der Waals surface area (Å²) in [6, 6.07) is 0. The number of rotatable bonds is 8. The second-order valence-corrected chi connectivity index (χ2v) is 2.02. The molecule has 0 radical (unpaired) electrons. The van der Waals surface area contributed by atoms with E-state index in [4.69, 9.17) is 24.9 Å². The van der Waals surface area contributed by atoms with E-state index in [1.807, 2.05) is 5.59 Å². The maximum atomic E-state index is 5.14. The zero-order valence-electron chi connectivity index (χ0n) is 8.33. The molecule has 0 unspecified atom stereocenters. The zero-order chi connectivity index (χ0) is 10.2. The van der Waals surface area contributed by atoms with Crippen LogP contribution in [0.15, 0.2) is 0 Å². The Bertz CT molecular complexity index is 93.6. The molecule has 0 amide bonds. The minimum absolute atomic E-state index is 0.391. The Morgan fingerprint density at radius 2 is 1.38 bits per heavy atom. The van der Waals surface area contributed by atoms with Crippen molar-refractivity contribution >= 4 is 0 Å². The molecule has 6 nitrogen and oxygen atoms in total. The molecule has 0 atom stereocenters. The Hall–Kier alpha value is -0.240. The van der Waals surface area contributed by atoms with Crippen LogP contribution < -0.4 is 11.4 Å². The van der Waals surface area contributed by atoms with Crippen molar-refractivity contribution in [3.63, 3.8) is 0 Å². The van der Waals surface area contributed by atoms with Crippen molar-refractivity contribution in [1.82, 2.24) is 5.59 Å². The number of hydrazine groups is 1. The van der Waals surface area contributed by atoms with E-state index in [2.05, 4.69) is 0 Å². The Morgan fingerprint density at radius 1 is 1.00 bits per heavy atom. The number of hydrogen-bond acceptors (Lipinski definition) is 6. The molecule has 0 saturated carbocycles. The van der Waals surface area contributed by atoms with Crippen LogP contribution in [-0.2, 0) is 19.0 Å². The van der Waals surface area contributed by atoms with E-state index in [0.717, 1.165) is 0 Å². The molecule has 0 aromatic heterocycles. The summed E-state index contributed by atoms with van der Waals surface area (Å²) in [6.45, 7) is 6.57.